The second-order valence-electron chi connectivity index (χ2n) is 6.53. The van der Waals surface area contributed by atoms with E-state index in [9.17, 15) is 19.5 Å². The zero-order valence-corrected chi connectivity index (χ0v) is 16.4. The Balaban J connectivity index is 2.16. The first-order valence-corrected chi connectivity index (χ1v) is 9.45. The van der Waals surface area contributed by atoms with Gasteiger partial charge in [0.1, 0.15) is 12.4 Å². The molecule has 6 heteroatoms. The predicted molar refractivity (Wildman–Crippen MR) is 113 cm³/mol. The number of rotatable bonds is 9. The Hall–Kier alpha value is -3.93. The van der Waals surface area contributed by atoms with Gasteiger partial charge in [0, 0.05) is 12.1 Å². The summed E-state index contributed by atoms with van der Waals surface area (Å²) in [6.45, 7) is 2.15. The molecule has 3 rings (SSSR count). The highest BCUT2D eigenvalue weighted by Gasteiger charge is 2.25. The lowest BCUT2D eigenvalue weighted by atomic mass is 9.97. The Bertz CT molecular complexity index is 1050. The summed E-state index contributed by atoms with van der Waals surface area (Å²) in [6, 6.07) is 20.6. The summed E-state index contributed by atoms with van der Waals surface area (Å²) in [5.74, 6) is -1.42. The maximum Gasteiger partial charge on any atom is 0.335 e. The van der Waals surface area contributed by atoms with Crippen molar-refractivity contribution in [1.29, 1.82) is 0 Å². The Morgan fingerprint density at radius 1 is 0.967 bits per heavy atom. The van der Waals surface area contributed by atoms with Crippen molar-refractivity contribution in [1.82, 2.24) is 0 Å². The zero-order chi connectivity index (χ0) is 21.5. The van der Waals surface area contributed by atoms with E-state index in [1.165, 1.54) is 17.0 Å². The smallest absolute Gasteiger partial charge is 0.335 e. The Morgan fingerprint density at radius 2 is 1.60 bits per heavy atom. The van der Waals surface area contributed by atoms with E-state index >= 15 is 0 Å². The summed E-state index contributed by atoms with van der Waals surface area (Å²) >= 11 is 0. The monoisotopic (exact) mass is 403 g/mol. The molecule has 0 unspecified atom stereocenters. The summed E-state index contributed by atoms with van der Waals surface area (Å²) in [6.07, 6.45) is 0.573. The molecule has 0 aliphatic rings. The minimum atomic E-state index is -1.18. The van der Waals surface area contributed by atoms with E-state index < -0.39 is 5.97 Å². The first-order chi connectivity index (χ1) is 14.5. The van der Waals surface area contributed by atoms with Gasteiger partial charge in [-0.15, -0.1) is 0 Å². The Kier molecular flexibility index (Phi) is 6.60. The molecule has 0 bridgehead atoms. The average molecular weight is 403 g/mol. The summed E-state index contributed by atoms with van der Waals surface area (Å²) < 4.78 is 5.91. The average Bonchev–Trinajstić information content (AvgIpc) is 2.79. The van der Waals surface area contributed by atoms with Crippen molar-refractivity contribution in [3.8, 4) is 5.75 Å². The number of carbonyl (C=O) groups excluding carboxylic acids is 2. The standard InChI is InChI=1S/C24H21NO5/c1-2-25(16-26)20-13-19(24(28)29)14-21(30-15-17-9-5-3-6-10-17)22(20)23(27)18-11-7-4-8-12-18/h3-14,16H,2,15H2,1H3,(H,28,29). The maximum absolute atomic E-state index is 13.3. The first kappa shape index (κ1) is 20.8. The molecule has 0 fully saturated rings. The summed E-state index contributed by atoms with van der Waals surface area (Å²) in [5.41, 5.74) is 1.55. The minimum Gasteiger partial charge on any atom is -0.488 e. The van der Waals surface area contributed by atoms with E-state index in [1.54, 1.807) is 37.3 Å². The predicted octanol–water partition coefficient (Wildman–Crippen LogP) is 4.18. The molecule has 1 amide bonds. The van der Waals surface area contributed by atoms with Crippen LogP contribution in [-0.2, 0) is 11.4 Å². The van der Waals surface area contributed by atoms with Gasteiger partial charge in [-0.2, -0.15) is 0 Å². The van der Waals surface area contributed by atoms with Crippen LogP contribution in [0, 0.1) is 0 Å². The molecule has 0 aliphatic carbocycles. The molecule has 30 heavy (non-hydrogen) atoms. The SMILES string of the molecule is CCN(C=O)c1cc(C(=O)O)cc(OCc2ccccc2)c1C(=O)c1ccccc1. The number of hydrogen-bond acceptors (Lipinski definition) is 4. The number of anilines is 1. The van der Waals surface area contributed by atoms with E-state index in [0.29, 0.717) is 12.0 Å². The number of amides is 1. The highest BCUT2D eigenvalue weighted by Crippen LogP contribution is 2.34. The number of carbonyl (C=O) groups is 3. The highest BCUT2D eigenvalue weighted by atomic mass is 16.5. The van der Waals surface area contributed by atoms with Gasteiger partial charge >= 0.3 is 5.97 Å². The maximum atomic E-state index is 13.3. The number of carboxylic acid groups (broad SMARTS) is 1. The van der Waals surface area contributed by atoms with Gasteiger partial charge in [0.25, 0.3) is 0 Å². The minimum absolute atomic E-state index is 0.0713. The molecule has 0 saturated carbocycles. The molecule has 6 nitrogen and oxygen atoms in total. The largest absolute Gasteiger partial charge is 0.488 e. The first-order valence-electron chi connectivity index (χ1n) is 9.45. The van der Waals surface area contributed by atoms with Crippen LogP contribution in [0.25, 0.3) is 0 Å². The second-order valence-corrected chi connectivity index (χ2v) is 6.53. The van der Waals surface area contributed by atoms with Crippen molar-refractivity contribution in [2.45, 2.75) is 13.5 Å². The third kappa shape index (κ3) is 4.55. The van der Waals surface area contributed by atoms with Crippen molar-refractivity contribution in [3.05, 3.63) is 95.1 Å². The Morgan fingerprint density at radius 3 is 2.17 bits per heavy atom. The van der Waals surface area contributed by atoms with Gasteiger partial charge in [-0.05, 0) is 24.6 Å². The fraction of sp³-hybridized carbons (Fsp3) is 0.125. The number of aromatic carboxylic acids is 1. The van der Waals surface area contributed by atoms with Crippen LogP contribution < -0.4 is 9.64 Å². The molecule has 3 aromatic rings. The van der Waals surface area contributed by atoms with Gasteiger partial charge in [-0.3, -0.25) is 9.59 Å². The van der Waals surface area contributed by atoms with Crippen molar-refractivity contribution in [2.24, 2.45) is 0 Å². The van der Waals surface area contributed by atoms with E-state index in [2.05, 4.69) is 0 Å². The molecule has 0 aliphatic heterocycles. The molecule has 0 spiro atoms. The van der Waals surface area contributed by atoms with Crippen molar-refractivity contribution >= 4 is 23.9 Å². The van der Waals surface area contributed by atoms with E-state index in [-0.39, 0.29) is 41.5 Å². The van der Waals surface area contributed by atoms with Crippen LogP contribution in [0.1, 0.15) is 38.8 Å². The fourth-order valence-corrected chi connectivity index (χ4v) is 3.06. The lowest BCUT2D eigenvalue weighted by Gasteiger charge is -2.22. The second kappa shape index (κ2) is 9.52. The highest BCUT2D eigenvalue weighted by molar-refractivity contribution is 6.15. The van der Waals surface area contributed by atoms with Crippen molar-refractivity contribution in [3.63, 3.8) is 0 Å². The lowest BCUT2D eigenvalue weighted by molar-refractivity contribution is -0.107. The van der Waals surface area contributed by atoms with Crippen LogP contribution in [0.4, 0.5) is 5.69 Å². The summed E-state index contributed by atoms with van der Waals surface area (Å²) in [7, 11) is 0. The van der Waals surface area contributed by atoms with Crippen LogP contribution in [0.3, 0.4) is 0 Å². The molecule has 0 aromatic heterocycles. The number of hydrogen-bond donors (Lipinski definition) is 1. The molecule has 0 heterocycles. The van der Waals surface area contributed by atoms with Crippen molar-refractivity contribution < 1.29 is 24.2 Å². The lowest BCUT2D eigenvalue weighted by Crippen LogP contribution is -2.24. The summed E-state index contributed by atoms with van der Waals surface area (Å²) in [4.78, 5) is 38.0. The number of ketones is 1. The van der Waals surface area contributed by atoms with Crippen LogP contribution in [0.2, 0.25) is 0 Å². The van der Waals surface area contributed by atoms with Crippen molar-refractivity contribution in [2.75, 3.05) is 11.4 Å². The van der Waals surface area contributed by atoms with E-state index in [0.717, 1.165) is 5.56 Å². The molecular weight excluding hydrogens is 382 g/mol. The van der Waals surface area contributed by atoms with Gasteiger partial charge in [0.15, 0.2) is 5.78 Å². The molecule has 0 atom stereocenters. The molecule has 3 aromatic carbocycles. The van der Waals surface area contributed by atoms with E-state index in [1.807, 2.05) is 30.3 Å². The third-order valence-electron chi connectivity index (χ3n) is 4.61. The molecule has 152 valence electrons. The van der Waals surface area contributed by atoms with Gasteiger partial charge in [0.2, 0.25) is 6.41 Å². The number of carboxylic acids is 1. The topological polar surface area (TPSA) is 83.9 Å². The molecule has 0 radical (unpaired) electrons. The number of ether oxygens (including phenoxy) is 1. The number of nitrogens with zero attached hydrogens (tertiary/aromatic N) is 1. The van der Waals surface area contributed by atoms with Gasteiger partial charge in [-0.1, -0.05) is 60.7 Å². The summed E-state index contributed by atoms with van der Waals surface area (Å²) in [5, 5.41) is 9.55. The van der Waals surface area contributed by atoms with Gasteiger partial charge in [0.05, 0.1) is 16.8 Å². The molecule has 1 N–H and O–H groups in total. The third-order valence-corrected chi connectivity index (χ3v) is 4.61. The normalized spacial score (nSPS) is 10.3. The van der Waals surface area contributed by atoms with Crippen LogP contribution in [0.5, 0.6) is 5.75 Å². The fourth-order valence-electron chi connectivity index (χ4n) is 3.06. The molecular formula is C24H21NO5. The zero-order valence-electron chi connectivity index (χ0n) is 16.4. The van der Waals surface area contributed by atoms with Crippen LogP contribution in [-0.4, -0.2) is 29.8 Å². The quantitative estimate of drug-likeness (QED) is 0.428. The van der Waals surface area contributed by atoms with Crippen LogP contribution in [0.15, 0.2) is 72.8 Å². The van der Waals surface area contributed by atoms with Gasteiger partial charge in [-0.25, -0.2) is 4.79 Å². The van der Waals surface area contributed by atoms with E-state index in [4.69, 9.17) is 4.74 Å². The number of benzene rings is 3. The molecule has 0 saturated heterocycles. The van der Waals surface area contributed by atoms with Crippen LogP contribution >= 0.6 is 0 Å². The Labute approximate surface area is 174 Å². The van der Waals surface area contributed by atoms with Gasteiger partial charge < -0.3 is 14.7 Å².